The monoisotopic (exact) mass is 447 g/mol. The zero-order valence-corrected chi connectivity index (χ0v) is 17.3. The molecule has 0 saturated carbocycles. The lowest BCUT2D eigenvalue weighted by atomic mass is 10.2. The summed E-state index contributed by atoms with van der Waals surface area (Å²) < 4.78 is 1.82. The molecule has 3 heterocycles. The number of nitrogens with one attached hydrogen (secondary N) is 1. The highest BCUT2D eigenvalue weighted by atomic mass is 35.5. The van der Waals surface area contributed by atoms with Gasteiger partial charge in [-0.05, 0) is 29.6 Å². The quantitative estimate of drug-likeness (QED) is 0.218. The minimum Gasteiger partial charge on any atom is -0.260 e. The molecule has 0 aliphatic heterocycles. The van der Waals surface area contributed by atoms with Gasteiger partial charge in [0, 0.05) is 11.8 Å². The molecule has 0 radical (unpaired) electrons. The van der Waals surface area contributed by atoms with Crippen LogP contribution in [0.15, 0.2) is 65.2 Å². The normalized spacial score (nSPS) is 11.2. The van der Waals surface area contributed by atoms with Crippen molar-refractivity contribution in [3.05, 3.63) is 80.9 Å². The second kappa shape index (κ2) is 8.32. The molecular weight excluding hydrogens is 437 g/mol. The Labute approximate surface area is 180 Å². The summed E-state index contributed by atoms with van der Waals surface area (Å²) >= 11 is 19.6. The number of anilines is 1. The second-order valence-electron chi connectivity index (χ2n) is 5.65. The molecule has 0 spiro atoms. The second-order valence-corrected chi connectivity index (χ2v) is 7.77. The zero-order chi connectivity index (χ0) is 19.5. The molecule has 0 unspecified atom stereocenters. The Balaban J connectivity index is 1.66. The first-order valence-corrected chi connectivity index (χ1v) is 10.1. The number of thiophene rings is 1. The Morgan fingerprint density at radius 2 is 1.86 bits per heavy atom. The highest BCUT2D eigenvalue weighted by molar-refractivity contribution is 7.13. The van der Waals surface area contributed by atoms with Crippen molar-refractivity contribution >= 4 is 58.2 Å². The minimum atomic E-state index is 0.153. The first-order valence-electron chi connectivity index (χ1n) is 8.11. The summed E-state index contributed by atoms with van der Waals surface area (Å²) in [6, 6.07) is 15.4. The van der Waals surface area contributed by atoms with E-state index >= 15 is 0 Å². The Bertz CT molecular complexity index is 1120. The van der Waals surface area contributed by atoms with Gasteiger partial charge < -0.3 is 0 Å². The highest BCUT2D eigenvalue weighted by Gasteiger charge is 2.12. The molecule has 3 aromatic heterocycles. The largest absolute Gasteiger partial charge is 0.260 e. The van der Waals surface area contributed by atoms with Gasteiger partial charge in [-0.15, -0.1) is 11.3 Å². The van der Waals surface area contributed by atoms with Crippen molar-refractivity contribution in [3.8, 4) is 16.3 Å². The molecule has 0 fully saturated rings. The standard InChI is InChI=1S/C19H12Cl3N5S/c20-14-9-15(21)19(24-18(14)22)25-23-10-12-11-27(13-5-2-1-3-6-13)26-17(12)16-7-4-8-28-16/h1-11H,(H,24,25). The van der Waals surface area contributed by atoms with Crippen LogP contribution in [0, 0.1) is 0 Å². The third kappa shape index (κ3) is 4.05. The van der Waals surface area contributed by atoms with Crippen LogP contribution in [0.5, 0.6) is 0 Å². The summed E-state index contributed by atoms with van der Waals surface area (Å²) in [5, 5.41) is 11.7. The number of hydrazone groups is 1. The molecule has 0 aliphatic carbocycles. The Morgan fingerprint density at radius 1 is 1.04 bits per heavy atom. The summed E-state index contributed by atoms with van der Waals surface area (Å²) in [4.78, 5) is 5.13. The van der Waals surface area contributed by atoms with E-state index in [-0.39, 0.29) is 10.2 Å². The fourth-order valence-corrected chi connectivity index (χ4v) is 3.76. The predicted octanol–water partition coefficient (Wildman–Crippen LogP) is 6.40. The van der Waals surface area contributed by atoms with Crippen LogP contribution in [0.3, 0.4) is 0 Å². The van der Waals surface area contributed by atoms with Gasteiger partial charge in [-0.25, -0.2) is 9.67 Å². The smallest absolute Gasteiger partial charge is 0.166 e. The van der Waals surface area contributed by atoms with Crippen molar-refractivity contribution in [1.29, 1.82) is 0 Å². The van der Waals surface area contributed by atoms with Crippen LogP contribution in [-0.2, 0) is 0 Å². The molecule has 0 bridgehead atoms. The molecule has 4 rings (SSSR count). The topological polar surface area (TPSA) is 55.1 Å². The Morgan fingerprint density at radius 3 is 2.61 bits per heavy atom. The summed E-state index contributed by atoms with van der Waals surface area (Å²) in [6.45, 7) is 0. The predicted molar refractivity (Wildman–Crippen MR) is 117 cm³/mol. The average Bonchev–Trinajstić information content (AvgIpc) is 3.36. The zero-order valence-electron chi connectivity index (χ0n) is 14.2. The molecule has 9 heteroatoms. The molecule has 5 nitrogen and oxygen atoms in total. The van der Waals surface area contributed by atoms with Crippen molar-refractivity contribution in [2.24, 2.45) is 5.10 Å². The van der Waals surface area contributed by atoms with E-state index in [1.807, 2.05) is 58.7 Å². The first kappa shape index (κ1) is 19.0. The van der Waals surface area contributed by atoms with E-state index in [4.69, 9.17) is 39.9 Å². The van der Waals surface area contributed by atoms with E-state index in [0.29, 0.717) is 10.8 Å². The molecule has 4 aromatic rings. The number of nitrogens with zero attached hydrogens (tertiary/aromatic N) is 4. The van der Waals surface area contributed by atoms with Gasteiger partial charge in [0.15, 0.2) is 5.82 Å². The number of hydrogen-bond acceptors (Lipinski definition) is 5. The Kier molecular flexibility index (Phi) is 5.64. The van der Waals surface area contributed by atoms with Crippen LogP contribution in [0.4, 0.5) is 5.82 Å². The van der Waals surface area contributed by atoms with E-state index in [9.17, 15) is 0 Å². The van der Waals surface area contributed by atoms with Crippen molar-refractivity contribution in [2.75, 3.05) is 5.43 Å². The lowest BCUT2D eigenvalue weighted by molar-refractivity contribution is 0.885. The van der Waals surface area contributed by atoms with Crippen LogP contribution in [0.2, 0.25) is 15.2 Å². The SMILES string of the molecule is Clc1cc(Cl)c(NN=Cc2cn(-c3ccccc3)nc2-c2cccs2)nc1Cl. The van der Waals surface area contributed by atoms with Crippen LogP contribution in [-0.4, -0.2) is 21.0 Å². The summed E-state index contributed by atoms with van der Waals surface area (Å²) in [5.41, 5.74) is 5.43. The van der Waals surface area contributed by atoms with Gasteiger partial charge in [0.25, 0.3) is 0 Å². The highest BCUT2D eigenvalue weighted by Crippen LogP contribution is 2.29. The fourth-order valence-electron chi connectivity index (χ4n) is 2.49. The molecule has 28 heavy (non-hydrogen) atoms. The molecule has 0 saturated heterocycles. The summed E-state index contributed by atoms with van der Waals surface area (Å²) in [6.07, 6.45) is 3.58. The first-order chi connectivity index (χ1) is 13.6. The van der Waals surface area contributed by atoms with Crippen LogP contribution in [0.25, 0.3) is 16.3 Å². The van der Waals surface area contributed by atoms with Crippen LogP contribution >= 0.6 is 46.1 Å². The van der Waals surface area contributed by atoms with Gasteiger partial charge >= 0.3 is 0 Å². The van der Waals surface area contributed by atoms with Gasteiger partial charge in [0.05, 0.1) is 26.8 Å². The van der Waals surface area contributed by atoms with Crippen molar-refractivity contribution in [1.82, 2.24) is 14.8 Å². The molecule has 0 amide bonds. The number of pyridine rings is 1. The van der Waals surface area contributed by atoms with Gasteiger partial charge in [-0.2, -0.15) is 10.2 Å². The van der Waals surface area contributed by atoms with E-state index in [0.717, 1.165) is 21.8 Å². The lowest BCUT2D eigenvalue weighted by Gasteiger charge is -2.03. The number of benzene rings is 1. The van der Waals surface area contributed by atoms with E-state index < -0.39 is 0 Å². The molecular formula is C19H12Cl3N5S. The number of halogens is 3. The molecule has 140 valence electrons. The number of hydrogen-bond donors (Lipinski definition) is 1. The summed E-state index contributed by atoms with van der Waals surface area (Å²) in [5.74, 6) is 0.320. The third-order valence-electron chi connectivity index (χ3n) is 3.78. The maximum atomic E-state index is 6.12. The Hall–Kier alpha value is -2.38. The van der Waals surface area contributed by atoms with E-state index in [1.165, 1.54) is 6.07 Å². The van der Waals surface area contributed by atoms with Crippen molar-refractivity contribution < 1.29 is 0 Å². The minimum absolute atomic E-state index is 0.153. The maximum absolute atomic E-state index is 6.12. The number of rotatable bonds is 5. The maximum Gasteiger partial charge on any atom is 0.166 e. The summed E-state index contributed by atoms with van der Waals surface area (Å²) in [7, 11) is 0. The van der Waals surface area contributed by atoms with Gasteiger partial charge in [0.2, 0.25) is 0 Å². The average molecular weight is 449 g/mol. The van der Waals surface area contributed by atoms with Crippen LogP contribution in [0.1, 0.15) is 5.56 Å². The number of aromatic nitrogens is 3. The number of para-hydroxylation sites is 1. The van der Waals surface area contributed by atoms with E-state index in [1.54, 1.807) is 17.6 Å². The van der Waals surface area contributed by atoms with Gasteiger partial charge in [-0.1, -0.05) is 59.1 Å². The van der Waals surface area contributed by atoms with Gasteiger partial charge in [-0.3, -0.25) is 5.43 Å². The third-order valence-corrected chi connectivity index (χ3v) is 5.62. The molecule has 1 aromatic carbocycles. The molecule has 1 N–H and O–H groups in total. The van der Waals surface area contributed by atoms with Crippen LogP contribution < -0.4 is 5.43 Å². The van der Waals surface area contributed by atoms with Crippen molar-refractivity contribution in [2.45, 2.75) is 0 Å². The molecule has 0 aliphatic rings. The molecule has 0 atom stereocenters. The van der Waals surface area contributed by atoms with E-state index in [2.05, 4.69) is 15.5 Å². The van der Waals surface area contributed by atoms with Crippen molar-refractivity contribution in [3.63, 3.8) is 0 Å². The lowest BCUT2D eigenvalue weighted by Crippen LogP contribution is -1.95. The fraction of sp³-hybridized carbons (Fsp3) is 0. The van der Waals surface area contributed by atoms with Gasteiger partial charge in [0.1, 0.15) is 10.8 Å².